The van der Waals surface area contributed by atoms with Crippen LogP contribution in [0.2, 0.25) is 0 Å². The van der Waals surface area contributed by atoms with Crippen molar-refractivity contribution in [2.45, 2.75) is 45.7 Å². The number of nitrogens with zero attached hydrogens (tertiary/aromatic N) is 1. The second-order valence-corrected chi connectivity index (χ2v) is 5.59. The third kappa shape index (κ3) is 3.53. The molecule has 3 nitrogen and oxygen atoms in total. The van der Waals surface area contributed by atoms with Gasteiger partial charge in [0.15, 0.2) is 0 Å². The van der Waals surface area contributed by atoms with E-state index in [-0.39, 0.29) is 0 Å². The third-order valence-corrected chi connectivity index (χ3v) is 4.04. The van der Waals surface area contributed by atoms with Crippen LogP contribution < -0.4 is 10.2 Å². The summed E-state index contributed by atoms with van der Waals surface area (Å²) in [5.41, 5.74) is 2.80. The summed E-state index contributed by atoms with van der Waals surface area (Å²) in [5, 5.41) is 3.67. The van der Waals surface area contributed by atoms with Crippen LogP contribution in [-0.4, -0.2) is 32.3 Å². The van der Waals surface area contributed by atoms with E-state index in [9.17, 15) is 0 Å². The van der Waals surface area contributed by atoms with Gasteiger partial charge in [-0.2, -0.15) is 0 Å². The number of morpholine rings is 1. The van der Waals surface area contributed by atoms with E-state index >= 15 is 0 Å². The van der Waals surface area contributed by atoms with Crippen LogP contribution in [0, 0.1) is 0 Å². The summed E-state index contributed by atoms with van der Waals surface area (Å²) in [4.78, 5) is 2.50. The molecule has 0 aromatic heterocycles. The predicted molar refractivity (Wildman–Crippen MR) is 85.4 cm³/mol. The molecule has 1 aliphatic heterocycles. The van der Waals surface area contributed by atoms with Crippen LogP contribution in [0.1, 0.15) is 45.2 Å². The van der Waals surface area contributed by atoms with Crippen molar-refractivity contribution in [1.82, 2.24) is 5.32 Å². The maximum Gasteiger partial charge on any atom is 0.0668 e. The molecule has 1 aliphatic rings. The SMILES string of the molecule is CCCNC(CC)c1ccccc1N1CCOCC1C. The molecular formula is C17H28N2O. The van der Waals surface area contributed by atoms with E-state index in [1.807, 2.05) is 0 Å². The summed E-state index contributed by atoms with van der Waals surface area (Å²) in [5.74, 6) is 0. The molecule has 0 aliphatic carbocycles. The Balaban J connectivity index is 2.24. The molecule has 20 heavy (non-hydrogen) atoms. The average molecular weight is 276 g/mol. The fourth-order valence-corrected chi connectivity index (χ4v) is 2.92. The number of hydrogen-bond acceptors (Lipinski definition) is 3. The molecular weight excluding hydrogens is 248 g/mol. The summed E-state index contributed by atoms with van der Waals surface area (Å²) in [6, 6.07) is 9.73. The highest BCUT2D eigenvalue weighted by Gasteiger charge is 2.23. The number of anilines is 1. The molecule has 3 heteroatoms. The molecule has 1 heterocycles. The van der Waals surface area contributed by atoms with Gasteiger partial charge in [-0.05, 0) is 37.9 Å². The number of benzene rings is 1. The first-order valence-electron chi connectivity index (χ1n) is 7.94. The Morgan fingerprint density at radius 2 is 2.15 bits per heavy atom. The lowest BCUT2D eigenvalue weighted by molar-refractivity contribution is 0.0988. The van der Waals surface area contributed by atoms with Crippen LogP contribution >= 0.6 is 0 Å². The highest BCUT2D eigenvalue weighted by atomic mass is 16.5. The number of ether oxygens (including phenoxy) is 1. The fourth-order valence-electron chi connectivity index (χ4n) is 2.92. The largest absolute Gasteiger partial charge is 0.377 e. The molecule has 0 amide bonds. The molecule has 2 atom stereocenters. The van der Waals surface area contributed by atoms with E-state index in [0.29, 0.717) is 12.1 Å². The lowest BCUT2D eigenvalue weighted by atomic mass is 10.00. The Morgan fingerprint density at radius 1 is 1.35 bits per heavy atom. The van der Waals surface area contributed by atoms with Crippen LogP contribution in [0.3, 0.4) is 0 Å². The molecule has 0 radical (unpaired) electrons. The summed E-state index contributed by atoms with van der Waals surface area (Å²) in [6.07, 6.45) is 2.29. The zero-order valence-electron chi connectivity index (χ0n) is 13.1. The Bertz CT molecular complexity index is 408. The highest BCUT2D eigenvalue weighted by molar-refractivity contribution is 5.56. The van der Waals surface area contributed by atoms with E-state index in [4.69, 9.17) is 4.74 Å². The van der Waals surface area contributed by atoms with Gasteiger partial charge in [-0.1, -0.05) is 32.0 Å². The minimum Gasteiger partial charge on any atom is -0.377 e. The monoisotopic (exact) mass is 276 g/mol. The summed E-state index contributed by atoms with van der Waals surface area (Å²) in [6.45, 7) is 10.4. The molecule has 0 saturated carbocycles. The Labute approximate surface area is 123 Å². The van der Waals surface area contributed by atoms with Gasteiger partial charge < -0.3 is 15.0 Å². The maximum atomic E-state index is 5.57. The molecule has 1 aromatic carbocycles. The number of rotatable bonds is 6. The van der Waals surface area contributed by atoms with Crippen molar-refractivity contribution < 1.29 is 4.74 Å². The first kappa shape index (κ1) is 15.3. The molecule has 2 rings (SSSR count). The van der Waals surface area contributed by atoms with E-state index < -0.39 is 0 Å². The standard InChI is InChI=1S/C17H28N2O/c1-4-10-18-16(5-2)15-8-6-7-9-17(15)19-11-12-20-13-14(19)3/h6-9,14,16,18H,4-5,10-13H2,1-3H3. The van der Waals surface area contributed by atoms with Crippen molar-refractivity contribution in [3.05, 3.63) is 29.8 Å². The van der Waals surface area contributed by atoms with Crippen molar-refractivity contribution in [3.63, 3.8) is 0 Å². The lowest BCUT2D eigenvalue weighted by Crippen LogP contribution is -2.44. The van der Waals surface area contributed by atoms with E-state index in [0.717, 1.165) is 32.7 Å². The average Bonchev–Trinajstić information content (AvgIpc) is 2.49. The van der Waals surface area contributed by atoms with Gasteiger partial charge in [-0.3, -0.25) is 0 Å². The molecule has 1 N–H and O–H groups in total. The van der Waals surface area contributed by atoms with Crippen LogP contribution in [-0.2, 0) is 4.74 Å². The Kier molecular flexibility index (Phi) is 5.86. The quantitative estimate of drug-likeness (QED) is 0.862. The van der Waals surface area contributed by atoms with Crippen LogP contribution in [0.15, 0.2) is 24.3 Å². The lowest BCUT2D eigenvalue weighted by Gasteiger charge is -2.37. The molecule has 0 spiro atoms. The van der Waals surface area contributed by atoms with Crippen molar-refractivity contribution >= 4 is 5.69 Å². The van der Waals surface area contributed by atoms with Gasteiger partial charge in [0, 0.05) is 24.3 Å². The van der Waals surface area contributed by atoms with Gasteiger partial charge in [-0.25, -0.2) is 0 Å². The Hall–Kier alpha value is -1.06. The Morgan fingerprint density at radius 3 is 2.85 bits per heavy atom. The van der Waals surface area contributed by atoms with Gasteiger partial charge in [-0.15, -0.1) is 0 Å². The second-order valence-electron chi connectivity index (χ2n) is 5.59. The first-order valence-corrected chi connectivity index (χ1v) is 7.94. The number of para-hydroxylation sites is 1. The molecule has 112 valence electrons. The van der Waals surface area contributed by atoms with E-state index in [1.54, 1.807) is 0 Å². The topological polar surface area (TPSA) is 24.5 Å². The minimum absolute atomic E-state index is 0.446. The van der Waals surface area contributed by atoms with Crippen LogP contribution in [0.25, 0.3) is 0 Å². The van der Waals surface area contributed by atoms with Crippen molar-refractivity contribution in [2.75, 3.05) is 31.2 Å². The number of hydrogen-bond donors (Lipinski definition) is 1. The maximum absolute atomic E-state index is 5.57. The predicted octanol–water partition coefficient (Wildman–Crippen LogP) is 3.36. The minimum atomic E-state index is 0.446. The summed E-state index contributed by atoms with van der Waals surface area (Å²) >= 11 is 0. The molecule has 1 fully saturated rings. The van der Waals surface area contributed by atoms with Crippen molar-refractivity contribution in [1.29, 1.82) is 0 Å². The fraction of sp³-hybridized carbons (Fsp3) is 0.647. The molecule has 0 bridgehead atoms. The van der Waals surface area contributed by atoms with E-state index in [1.165, 1.54) is 17.7 Å². The van der Waals surface area contributed by atoms with Gasteiger partial charge in [0.1, 0.15) is 0 Å². The van der Waals surface area contributed by atoms with Crippen molar-refractivity contribution in [3.8, 4) is 0 Å². The zero-order valence-corrected chi connectivity index (χ0v) is 13.1. The molecule has 2 unspecified atom stereocenters. The van der Waals surface area contributed by atoms with Crippen LogP contribution in [0.5, 0.6) is 0 Å². The smallest absolute Gasteiger partial charge is 0.0668 e. The highest BCUT2D eigenvalue weighted by Crippen LogP contribution is 2.30. The summed E-state index contributed by atoms with van der Waals surface area (Å²) in [7, 11) is 0. The summed E-state index contributed by atoms with van der Waals surface area (Å²) < 4.78 is 5.57. The number of nitrogens with one attached hydrogen (secondary N) is 1. The molecule has 1 saturated heterocycles. The normalized spacial score (nSPS) is 20.9. The first-order chi connectivity index (χ1) is 9.77. The van der Waals surface area contributed by atoms with Crippen LogP contribution in [0.4, 0.5) is 5.69 Å². The molecule has 1 aromatic rings. The van der Waals surface area contributed by atoms with Gasteiger partial charge >= 0.3 is 0 Å². The van der Waals surface area contributed by atoms with E-state index in [2.05, 4.69) is 55.3 Å². The third-order valence-electron chi connectivity index (χ3n) is 4.04. The van der Waals surface area contributed by atoms with Gasteiger partial charge in [0.05, 0.1) is 13.2 Å². The van der Waals surface area contributed by atoms with Gasteiger partial charge in [0.25, 0.3) is 0 Å². The second kappa shape index (κ2) is 7.65. The van der Waals surface area contributed by atoms with Crippen molar-refractivity contribution in [2.24, 2.45) is 0 Å². The zero-order chi connectivity index (χ0) is 14.4. The van der Waals surface area contributed by atoms with Gasteiger partial charge in [0.2, 0.25) is 0 Å².